The van der Waals surface area contributed by atoms with Crippen LogP contribution in [0.2, 0.25) is 0 Å². The van der Waals surface area contributed by atoms with E-state index in [2.05, 4.69) is 114 Å². The van der Waals surface area contributed by atoms with Crippen molar-refractivity contribution in [2.24, 2.45) is 0 Å². The van der Waals surface area contributed by atoms with E-state index in [0.717, 1.165) is 22.4 Å². The van der Waals surface area contributed by atoms with Gasteiger partial charge in [-0.05, 0) is 117 Å². The highest BCUT2D eigenvalue weighted by molar-refractivity contribution is 6.12. The van der Waals surface area contributed by atoms with Crippen LogP contribution in [0.5, 0.6) is 0 Å². The lowest BCUT2D eigenvalue weighted by atomic mass is 9.78. The number of benzene rings is 6. The monoisotopic (exact) mass is 444 g/mol. The molecule has 0 spiro atoms. The van der Waals surface area contributed by atoms with Crippen molar-refractivity contribution in [3.63, 3.8) is 0 Å². The van der Waals surface area contributed by atoms with Gasteiger partial charge in [0.2, 0.25) is 0 Å². The zero-order valence-corrected chi connectivity index (χ0v) is 18.9. The first-order chi connectivity index (χ1) is 17.3. The highest BCUT2D eigenvalue weighted by Gasteiger charge is 2.24. The summed E-state index contributed by atoms with van der Waals surface area (Å²) in [7, 11) is 0. The largest absolute Gasteiger partial charge is 0.310 e. The van der Waals surface area contributed by atoms with Crippen molar-refractivity contribution < 1.29 is 0 Å². The van der Waals surface area contributed by atoms with Gasteiger partial charge in [0.1, 0.15) is 0 Å². The smallest absolute Gasteiger partial charge is 0.0991 e. The van der Waals surface area contributed by atoms with Crippen LogP contribution in [-0.2, 0) is 0 Å². The maximum absolute atomic E-state index is 9.26. The minimum atomic E-state index is 0.699. The van der Waals surface area contributed by atoms with Crippen LogP contribution in [0.15, 0.2) is 121 Å². The molecule has 0 fully saturated rings. The van der Waals surface area contributed by atoms with E-state index < -0.39 is 0 Å². The standard InChI is InChI=1S/C33H20N2/c34-21-22-11-12-23-17-30-32(19-25(23)15-22)31-18-24-13-14-29(16-26(24)20-33(30)31)35(27-7-3-1-4-8-27)28-9-5-2-6-10-28/h1-20H. The molecule has 0 atom stereocenters. The average molecular weight is 445 g/mol. The zero-order valence-electron chi connectivity index (χ0n) is 18.9. The Kier molecular flexibility index (Phi) is 4.24. The molecule has 0 radical (unpaired) electrons. The number of para-hydroxylation sites is 2. The van der Waals surface area contributed by atoms with Gasteiger partial charge >= 0.3 is 0 Å². The number of nitrogens with zero attached hydrogens (tertiary/aromatic N) is 2. The van der Waals surface area contributed by atoms with E-state index in [1.165, 1.54) is 38.4 Å². The Labute approximate surface area is 203 Å². The Morgan fingerprint density at radius 1 is 0.429 bits per heavy atom. The van der Waals surface area contributed by atoms with Crippen molar-refractivity contribution in [3.8, 4) is 28.3 Å². The maximum atomic E-state index is 9.26. The Hall–Kier alpha value is -4.87. The molecule has 0 heterocycles. The molecule has 1 aliphatic rings. The molecule has 1 aliphatic carbocycles. The number of nitriles is 1. The normalized spacial score (nSPS) is 11.4. The number of hydrogen-bond acceptors (Lipinski definition) is 2. The molecular weight excluding hydrogens is 424 g/mol. The van der Waals surface area contributed by atoms with E-state index in [4.69, 9.17) is 0 Å². The van der Waals surface area contributed by atoms with Gasteiger partial charge in [0.25, 0.3) is 0 Å². The van der Waals surface area contributed by atoms with Crippen molar-refractivity contribution in [2.75, 3.05) is 4.90 Å². The van der Waals surface area contributed by atoms with Gasteiger partial charge in [0.15, 0.2) is 0 Å². The number of rotatable bonds is 3. The first kappa shape index (κ1) is 19.6. The van der Waals surface area contributed by atoms with E-state index in [-0.39, 0.29) is 0 Å². The Bertz CT molecular complexity index is 1760. The molecule has 6 aromatic carbocycles. The van der Waals surface area contributed by atoms with Crippen LogP contribution in [0.1, 0.15) is 5.56 Å². The van der Waals surface area contributed by atoms with Gasteiger partial charge in [-0.3, -0.25) is 0 Å². The highest BCUT2D eigenvalue weighted by atomic mass is 15.1. The summed E-state index contributed by atoms with van der Waals surface area (Å²) in [6, 6.07) is 45.0. The first-order valence-corrected chi connectivity index (χ1v) is 11.8. The van der Waals surface area contributed by atoms with Gasteiger partial charge in [-0.2, -0.15) is 5.26 Å². The predicted molar refractivity (Wildman–Crippen MR) is 145 cm³/mol. The van der Waals surface area contributed by atoms with Gasteiger partial charge in [-0.1, -0.05) is 48.5 Å². The molecule has 2 nitrogen and oxygen atoms in total. The summed E-state index contributed by atoms with van der Waals surface area (Å²) in [6.45, 7) is 0. The van der Waals surface area contributed by atoms with Gasteiger partial charge in [0, 0.05) is 17.1 Å². The molecule has 7 rings (SSSR count). The molecule has 0 saturated heterocycles. The third kappa shape index (κ3) is 3.10. The lowest BCUT2D eigenvalue weighted by Crippen LogP contribution is -2.09. The van der Waals surface area contributed by atoms with Crippen molar-refractivity contribution in [3.05, 3.63) is 127 Å². The molecule has 2 heteroatoms. The molecule has 6 aromatic rings. The molecule has 35 heavy (non-hydrogen) atoms. The fourth-order valence-electron chi connectivity index (χ4n) is 5.22. The van der Waals surface area contributed by atoms with Crippen LogP contribution < -0.4 is 4.90 Å². The maximum Gasteiger partial charge on any atom is 0.0991 e. The second kappa shape index (κ2) is 7.58. The Morgan fingerprint density at radius 3 is 1.46 bits per heavy atom. The topological polar surface area (TPSA) is 27.0 Å². The third-order valence-corrected chi connectivity index (χ3v) is 6.93. The molecule has 0 aliphatic heterocycles. The summed E-state index contributed by atoms with van der Waals surface area (Å²) >= 11 is 0. The molecule has 0 N–H and O–H groups in total. The van der Waals surface area contributed by atoms with Gasteiger partial charge in [0.05, 0.1) is 11.6 Å². The van der Waals surface area contributed by atoms with Crippen molar-refractivity contribution in [1.29, 1.82) is 5.26 Å². The zero-order chi connectivity index (χ0) is 23.4. The minimum absolute atomic E-state index is 0.699. The lowest BCUT2D eigenvalue weighted by molar-refractivity contribution is 1.29. The van der Waals surface area contributed by atoms with Crippen molar-refractivity contribution in [1.82, 2.24) is 0 Å². The second-order valence-corrected chi connectivity index (χ2v) is 9.01. The van der Waals surface area contributed by atoms with E-state index in [1.807, 2.05) is 18.2 Å². The third-order valence-electron chi connectivity index (χ3n) is 6.93. The molecular formula is C33H20N2. The second-order valence-electron chi connectivity index (χ2n) is 9.01. The first-order valence-electron chi connectivity index (χ1n) is 11.8. The van der Waals surface area contributed by atoms with E-state index in [9.17, 15) is 5.26 Å². The summed E-state index contributed by atoms with van der Waals surface area (Å²) in [6.07, 6.45) is 0. The average Bonchev–Trinajstić information content (AvgIpc) is 2.92. The van der Waals surface area contributed by atoms with E-state index in [0.29, 0.717) is 5.56 Å². The summed E-state index contributed by atoms with van der Waals surface area (Å²) < 4.78 is 0. The molecule has 0 saturated carbocycles. The van der Waals surface area contributed by atoms with E-state index >= 15 is 0 Å². The summed E-state index contributed by atoms with van der Waals surface area (Å²) in [5, 5.41) is 14.0. The van der Waals surface area contributed by atoms with Gasteiger partial charge in [-0.25, -0.2) is 0 Å². The van der Waals surface area contributed by atoms with Gasteiger partial charge in [-0.15, -0.1) is 0 Å². The van der Waals surface area contributed by atoms with Crippen LogP contribution in [0.25, 0.3) is 43.8 Å². The van der Waals surface area contributed by atoms with Crippen LogP contribution in [0.4, 0.5) is 17.1 Å². The predicted octanol–water partition coefficient (Wildman–Crippen LogP) is 8.98. The molecule has 162 valence electrons. The minimum Gasteiger partial charge on any atom is -0.310 e. The summed E-state index contributed by atoms with van der Waals surface area (Å²) in [5.41, 5.74) is 9.23. The lowest BCUT2D eigenvalue weighted by Gasteiger charge is -2.27. The fraction of sp³-hybridized carbons (Fsp3) is 0. The van der Waals surface area contributed by atoms with Gasteiger partial charge < -0.3 is 4.90 Å². The number of fused-ring (bicyclic) bond motifs is 6. The fourth-order valence-corrected chi connectivity index (χ4v) is 5.22. The van der Waals surface area contributed by atoms with Crippen LogP contribution in [0, 0.1) is 11.3 Å². The Balaban J connectivity index is 1.36. The Morgan fingerprint density at radius 2 is 0.914 bits per heavy atom. The highest BCUT2D eigenvalue weighted by Crippen LogP contribution is 2.50. The number of hydrogen-bond donors (Lipinski definition) is 0. The number of anilines is 3. The van der Waals surface area contributed by atoms with Crippen molar-refractivity contribution in [2.45, 2.75) is 0 Å². The summed E-state index contributed by atoms with van der Waals surface area (Å²) in [5.74, 6) is 0. The van der Waals surface area contributed by atoms with Crippen LogP contribution in [0.3, 0.4) is 0 Å². The summed E-state index contributed by atoms with van der Waals surface area (Å²) in [4.78, 5) is 2.30. The van der Waals surface area contributed by atoms with Crippen LogP contribution >= 0.6 is 0 Å². The molecule has 0 unspecified atom stereocenters. The molecule has 0 aromatic heterocycles. The molecule has 0 amide bonds. The van der Waals surface area contributed by atoms with Crippen molar-refractivity contribution >= 4 is 38.6 Å². The quantitative estimate of drug-likeness (QED) is 0.272. The SMILES string of the molecule is N#Cc1ccc2cc3c(cc2c1)-c1cc2ccc(N(c4ccccc4)c4ccccc4)cc2cc1-3. The van der Waals surface area contributed by atoms with Crippen LogP contribution in [-0.4, -0.2) is 0 Å². The molecule has 0 bridgehead atoms. The van der Waals surface area contributed by atoms with E-state index in [1.54, 1.807) is 0 Å².